The summed E-state index contributed by atoms with van der Waals surface area (Å²) in [7, 11) is 0. The van der Waals surface area contributed by atoms with Crippen molar-refractivity contribution in [3.8, 4) is 0 Å². The number of aryl methyl sites for hydroxylation is 1. The van der Waals surface area contributed by atoms with Crippen LogP contribution in [-0.4, -0.2) is 11.7 Å². The third-order valence-electron chi connectivity index (χ3n) is 1.91. The number of rotatable bonds is 3. The van der Waals surface area contributed by atoms with Gasteiger partial charge in [0.15, 0.2) is 0 Å². The maximum Gasteiger partial charge on any atom is 0.0687 e. The molecule has 68 valence electrons. The average molecular weight is 174 g/mol. The largest absolute Gasteiger partial charge is 0.392 e. The van der Waals surface area contributed by atoms with E-state index in [-0.39, 0.29) is 6.61 Å². The molecule has 0 aliphatic carbocycles. The molecule has 1 rings (SSSR count). The zero-order chi connectivity index (χ0) is 9.68. The second kappa shape index (κ2) is 4.63. The molecule has 0 aromatic heterocycles. The quantitative estimate of drug-likeness (QED) is 0.698. The molecule has 0 radical (unpaired) electrons. The number of hydrogen-bond donors (Lipinski definition) is 1. The number of aliphatic hydroxyl groups excluding tert-OH is 1. The van der Waals surface area contributed by atoms with Gasteiger partial charge in [-0.2, -0.15) is 0 Å². The lowest BCUT2D eigenvalue weighted by atomic mass is 10.0. The molecule has 1 aromatic carbocycles. The summed E-state index contributed by atoms with van der Waals surface area (Å²) in [6.45, 7) is 5.70. The Kier molecular flexibility index (Phi) is 3.47. The molecule has 0 fully saturated rings. The van der Waals surface area contributed by atoms with E-state index in [9.17, 15) is 0 Å². The fraction of sp³-hybridized carbons (Fsp3) is 0.167. The predicted molar refractivity (Wildman–Crippen MR) is 56.4 cm³/mol. The van der Waals surface area contributed by atoms with Crippen LogP contribution in [0.4, 0.5) is 0 Å². The van der Waals surface area contributed by atoms with E-state index in [1.165, 1.54) is 5.56 Å². The Morgan fingerprint density at radius 3 is 2.46 bits per heavy atom. The van der Waals surface area contributed by atoms with Crippen molar-refractivity contribution in [2.75, 3.05) is 6.61 Å². The highest BCUT2D eigenvalue weighted by molar-refractivity contribution is 5.67. The Bertz CT molecular complexity index is 306. The number of hydrogen-bond acceptors (Lipinski definition) is 1. The zero-order valence-electron chi connectivity index (χ0n) is 7.83. The van der Waals surface area contributed by atoms with E-state index >= 15 is 0 Å². The summed E-state index contributed by atoms with van der Waals surface area (Å²) < 4.78 is 0. The maximum absolute atomic E-state index is 9.06. The van der Waals surface area contributed by atoms with Crippen molar-refractivity contribution in [2.24, 2.45) is 0 Å². The van der Waals surface area contributed by atoms with Gasteiger partial charge >= 0.3 is 0 Å². The van der Waals surface area contributed by atoms with Gasteiger partial charge in [-0.3, -0.25) is 0 Å². The predicted octanol–water partition coefficient (Wildman–Crippen LogP) is 2.56. The van der Waals surface area contributed by atoms with Gasteiger partial charge in [-0.05, 0) is 18.1 Å². The van der Waals surface area contributed by atoms with E-state index in [4.69, 9.17) is 5.11 Å². The summed E-state index contributed by atoms with van der Waals surface area (Å²) in [5.74, 6) is 0. The van der Waals surface area contributed by atoms with Gasteiger partial charge in [-0.25, -0.2) is 0 Å². The summed E-state index contributed by atoms with van der Waals surface area (Å²) in [6, 6.07) is 8.06. The van der Waals surface area contributed by atoms with Crippen molar-refractivity contribution < 1.29 is 5.11 Å². The Balaban J connectivity index is 2.99. The van der Waals surface area contributed by atoms with Crippen molar-refractivity contribution in [1.82, 2.24) is 0 Å². The van der Waals surface area contributed by atoms with Crippen LogP contribution in [0.5, 0.6) is 0 Å². The van der Waals surface area contributed by atoms with Gasteiger partial charge in [0.1, 0.15) is 0 Å². The molecule has 0 bridgehead atoms. The molecule has 0 aliphatic rings. The Morgan fingerprint density at radius 2 is 2.00 bits per heavy atom. The molecule has 1 nitrogen and oxygen atoms in total. The highest BCUT2D eigenvalue weighted by atomic mass is 16.3. The number of allylic oxidation sites excluding steroid dienone is 2. The summed E-state index contributed by atoms with van der Waals surface area (Å²) in [5, 5.41) is 9.06. The van der Waals surface area contributed by atoms with Crippen molar-refractivity contribution in [2.45, 2.75) is 6.92 Å². The second-order valence-corrected chi connectivity index (χ2v) is 2.95. The SMILES string of the molecule is C=CC=C(CO)c1ccc(C)cc1. The van der Waals surface area contributed by atoms with Crippen LogP contribution in [0.3, 0.4) is 0 Å². The molecule has 0 saturated heterocycles. The van der Waals surface area contributed by atoms with Gasteiger partial charge in [-0.1, -0.05) is 48.6 Å². The minimum absolute atomic E-state index is 0.0507. The molecule has 0 amide bonds. The second-order valence-electron chi connectivity index (χ2n) is 2.95. The fourth-order valence-electron chi connectivity index (χ4n) is 1.15. The van der Waals surface area contributed by atoms with E-state index in [0.29, 0.717) is 0 Å². The van der Waals surface area contributed by atoms with Gasteiger partial charge in [0, 0.05) is 0 Å². The van der Waals surface area contributed by atoms with Crippen LogP contribution in [0.15, 0.2) is 43.0 Å². The van der Waals surface area contributed by atoms with Crippen LogP contribution < -0.4 is 0 Å². The smallest absolute Gasteiger partial charge is 0.0687 e. The minimum atomic E-state index is 0.0507. The normalized spacial score (nSPS) is 11.4. The molecule has 1 heteroatoms. The van der Waals surface area contributed by atoms with Gasteiger partial charge < -0.3 is 5.11 Å². The number of aliphatic hydroxyl groups is 1. The molecule has 0 heterocycles. The van der Waals surface area contributed by atoms with Crippen LogP contribution in [0.1, 0.15) is 11.1 Å². The van der Waals surface area contributed by atoms with E-state index in [1.807, 2.05) is 37.3 Å². The first-order valence-corrected chi connectivity index (χ1v) is 4.27. The Labute approximate surface area is 79.0 Å². The molecule has 0 spiro atoms. The van der Waals surface area contributed by atoms with E-state index in [1.54, 1.807) is 6.08 Å². The van der Waals surface area contributed by atoms with Crippen molar-refractivity contribution >= 4 is 5.57 Å². The van der Waals surface area contributed by atoms with Crippen LogP contribution >= 0.6 is 0 Å². The maximum atomic E-state index is 9.06. The first-order valence-electron chi connectivity index (χ1n) is 4.27. The summed E-state index contributed by atoms with van der Waals surface area (Å²) in [5.41, 5.74) is 3.17. The van der Waals surface area contributed by atoms with Crippen LogP contribution in [0, 0.1) is 6.92 Å². The van der Waals surface area contributed by atoms with Crippen molar-refractivity contribution in [3.63, 3.8) is 0 Å². The zero-order valence-corrected chi connectivity index (χ0v) is 7.83. The van der Waals surface area contributed by atoms with Gasteiger partial charge in [0.2, 0.25) is 0 Å². The van der Waals surface area contributed by atoms with Crippen LogP contribution in [0.2, 0.25) is 0 Å². The van der Waals surface area contributed by atoms with E-state index in [2.05, 4.69) is 6.58 Å². The summed E-state index contributed by atoms with van der Waals surface area (Å²) >= 11 is 0. The molecule has 0 saturated carbocycles. The Hall–Kier alpha value is -1.34. The van der Waals surface area contributed by atoms with Crippen molar-refractivity contribution in [3.05, 3.63) is 54.1 Å². The van der Waals surface area contributed by atoms with Crippen LogP contribution in [0.25, 0.3) is 5.57 Å². The van der Waals surface area contributed by atoms with E-state index < -0.39 is 0 Å². The molecule has 13 heavy (non-hydrogen) atoms. The van der Waals surface area contributed by atoms with Crippen molar-refractivity contribution in [1.29, 1.82) is 0 Å². The van der Waals surface area contributed by atoms with Gasteiger partial charge in [0.25, 0.3) is 0 Å². The van der Waals surface area contributed by atoms with Crippen LogP contribution in [-0.2, 0) is 0 Å². The molecule has 0 aliphatic heterocycles. The molecule has 1 aromatic rings. The monoisotopic (exact) mass is 174 g/mol. The molecule has 0 unspecified atom stereocenters. The standard InChI is InChI=1S/C12H14O/c1-3-4-12(9-13)11-7-5-10(2)6-8-11/h3-8,13H,1,9H2,2H3. The van der Waals surface area contributed by atoms with Gasteiger partial charge in [-0.15, -0.1) is 0 Å². The lowest BCUT2D eigenvalue weighted by molar-refractivity contribution is 0.350. The molecular weight excluding hydrogens is 160 g/mol. The molecule has 1 N–H and O–H groups in total. The fourth-order valence-corrected chi connectivity index (χ4v) is 1.15. The minimum Gasteiger partial charge on any atom is -0.392 e. The molecular formula is C12H14O. The lowest BCUT2D eigenvalue weighted by Crippen LogP contribution is -1.89. The lowest BCUT2D eigenvalue weighted by Gasteiger charge is -2.03. The van der Waals surface area contributed by atoms with E-state index in [0.717, 1.165) is 11.1 Å². The summed E-state index contributed by atoms with van der Waals surface area (Å²) in [6.07, 6.45) is 3.51. The highest BCUT2D eigenvalue weighted by Crippen LogP contribution is 2.14. The highest BCUT2D eigenvalue weighted by Gasteiger charge is 1.97. The first-order chi connectivity index (χ1) is 6.27. The third kappa shape index (κ3) is 2.56. The Morgan fingerprint density at radius 1 is 1.38 bits per heavy atom. The number of benzene rings is 1. The first kappa shape index (κ1) is 9.75. The topological polar surface area (TPSA) is 20.2 Å². The molecule has 0 atom stereocenters. The third-order valence-corrected chi connectivity index (χ3v) is 1.91. The summed E-state index contributed by atoms with van der Waals surface area (Å²) in [4.78, 5) is 0. The average Bonchev–Trinajstić information content (AvgIpc) is 2.16. The van der Waals surface area contributed by atoms with Gasteiger partial charge in [0.05, 0.1) is 6.61 Å².